The molecule has 18 heavy (non-hydrogen) atoms. The fraction of sp³-hybridized carbons (Fsp3) is 0.143. The highest BCUT2D eigenvalue weighted by Gasteiger charge is 2.33. The lowest BCUT2D eigenvalue weighted by Crippen LogP contribution is -2.08. The quantitative estimate of drug-likeness (QED) is 0.753. The summed E-state index contributed by atoms with van der Waals surface area (Å²) in [5, 5.41) is 0. The van der Waals surface area contributed by atoms with Gasteiger partial charge >= 0.3 is 6.18 Å². The molecule has 2 aromatic rings. The van der Waals surface area contributed by atoms with Crippen LogP contribution in [-0.4, -0.2) is 0 Å². The molecule has 0 aromatic heterocycles. The second-order valence-corrected chi connectivity index (χ2v) is 4.08. The van der Waals surface area contributed by atoms with E-state index in [-0.39, 0.29) is 5.56 Å². The number of hydrogen-bond donors (Lipinski definition) is 1. The van der Waals surface area contributed by atoms with Crippen LogP contribution in [-0.2, 0) is 6.18 Å². The Bertz CT molecular complexity index is 553. The van der Waals surface area contributed by atoms with Crippen LogP contribution in [0.5, 0.6) is 0 Å². The Morgan fingerprint density at radius 1 is 0.944 bits per heavy atom. The maximum atomic E-state index is 13.0. The van der Waals surface area contributed by atoms with Crippen LogP contribution in [0.2, 0.25) is 0 Å². The van der Waals surface area contributed by atoms with Crippen molar-refractivity contribution >= 4 is 5.69 Å². The maximum absolute atomic E-state index is 13.0. The van der Waals surface area contributed by atoms with Crippen LogP contribution in [0.1, 0.15) is 11.1 Å². The van der Waals surface area contributed by atoms with E-state index in [0.717, 1.165) is 11.6 Å². The van der Waals surface area contributed by atoms with Crippen molar-refractivity contribution in [1.29, 1.82) is 0 Å². The average Bonchev–Trinajstić information content (AvgIpc) is 2.28. The largest absolute Gasteiger partial charge is 0.417 e. The minimum Gasteiger partial charge on any atom is -0.398 e. The average molecular weight is 251 g/mol. The fourth-order valence-electron chi connectivity index (χ4n) is 2.01. The standard InChI is InChI=1S/C14H12F3N/c1-9-5-4-8-12(18)13(9)10-6-2-3-7-11(10)14(15,16)17/h2-8H,18H2,1H3. The van der Waals surface area contributed by atoms with E-state index in [1.54, 1.807) is 31.2 Å². The zero-order chi connectivity index (χ0) is 13.3. The molecule has 0 heterocycles. The van der Waals surface area contributed by atoms with E-state index >= 15 is 0 Å². The number of anilines is 1. The first-order valence-electron chi connectivity index (χ1n) is 5.43. The Kier molecular flexibility index (Phi) is 3.03. The summed E-state index contributed by atoms with van der Waals surface area (Å²) in [4.78, 5) is 0. The minimum absolute atomic E-state index is 0.126. The number of halogens is 3. The second kappa shape index (κ2) is 4.37. The van der Waals surface area contributed by atoms with Gasteiger partial charge in [-0.25, -0.2) is 0 Å². The van der Waals surface area contributed by atoms with Crippen molar-refractivity contribution in [3.05, 3.63) is 53.6 Å². The Morgan fingerprint density at radius 3 is 2.22 bits per heavy atom. The topological polar surface area (TPSA) is 26.0 Å². The first-order valence-corrected chi connectivity index (χ1v) is 5.43. The highest BCUT2D eigenvalue weighted by molar-refractivity contribution is 5.81. The molecule has 0 radical (unpaired) electrons. The van der Waals surface area contributed by atoms with Crippen LogP contribution in [0.4, 0.5) is 18.9 Å². The van der Waals surface area contributed by atoms with Crippen molar-refractivity contribution in [2.45, 2.75) is 13.1 Å². The van der Waals surface area contributed by atoms with Gasteiger partial charge < -0.3 is 5.73 Å². The molecule has 4 heteroatoms. The van der Waals surface area contributed by atoms with E-state index in [0.29, 0.717) is 11.3 Å². The molecule has 1 nitrogen and oxygen atoms in total. The van der Waals surface area contributed by atoms with Crippen LogP contribution in [0.3, 0.4) is 0 Å². The van der Waals surface area contributed by atoms with Crippen LogP contribution < -0.4 is 5.73 Å². The molecule has 0 aliphatic rings. The predicted molar refractivity (Wildman–Crippen MR) is 66.0 cm³/mol. The molecular weight excluding hydrogens is 239 g/mol. The second-order valence-electron chi connectivity index (χ2n) is 4.08. The molecule has 0 fully saturated rings. The zero-order valence-electron chi connectivity index (χ0n) is 9.75. The molecule has 0 amide bonds. The molecule has 0 unspecified atom stereocenters. The van der Waals surface area contributed by atoms with Crippen molar-refractivity contribution in [3.8, 4) is 11.1 Å². The molecule has 94 valence electrons. The summed E-state index contributed by atoms with van der Waals surface area (Å²) < 4.78 is 38.9. The Labute approximate surface area is 103 Å². The SMILES string of the molecule is Cc1cccc(N)c1-c1ccccc1C(F)(F)F. The third kappa shape index (κ3) is 2.18. The van der Waals surface area contributed by atoms with E-state index in [4.69, 9.17) is 5.73 Å². The number of nitrogens with two attached hydrogens (primary N) is 1. The summed E-state index contributed by atoms with van der Waals surface area (Å²) in [7, 11) is 0. The third-order valence-corrected chi connectivity index (χ3v) is 2.81. The first kappa shape index (κ1) is 12.5. The molecule has 0 atom stereocenters. The van der Waals surface area contributed by atoms with Gasteiger partial charge in [0.25, 0.3) is 0 Å². The first-order chi connectivity index (χ1) is 8.41. The highest BCUT2D eigenvalue weighted by atomic mass is 19.4. The summed E-state index contributed by atoms with van der Waals surface area (Å²) in [5.41, 5.74) is 6.79. The lowest BCUT2D eigenvalue weighted by molar-refractivity contribution is -0.137. The van der Waals surface area contributed by atoms with Gasteiger partial charge in [0.05, 0.1) is 5.56 Å². The highest BCUT2D eigenvalue weighted by Crippen LogP contribution is 2.39. The number of alkyl halides is 3. The van der Waals surface area contributed by atoms with Crippen LogP contribution in [0.25, 0.3) is 11.1 Å². The zero-order valence-corrected chi connectivity index (χ0v) is 9.75. The van der Waals surface area contributed by atoms with E-state index < -0.39 is 11.7 Å². The number of hydrogen-bond acceptors (Lipinski definition) is 1. The Hall–Kier alpha value is -1.97. The molecule has 0 aliphatic heterocycles. The smallest absolute Gasteiger partial charge is 0.398 e. The molecule has 2 rings (SSSR count). The predicted octanol–water partition coefficient (Wildman–Crippen LogP) is 4.26. The lowest BCUT2D eigenvalue weighted by atomic mass is 9.94. The lowest BCUT2D eigenvalue weighted by Gasteiger charge is -2.16. The summed E-state index contributed by atoms with van der Waals surface area (Å²) in [6, 6.07) is 10.6. The molecule has 2 N–H and O–H groups in total. The number of rotatable bonds is 1. The Balaban J connectivity index is 2.73. The van der Waals surface area contributed by atoms with Gasteiger partial charge in [0, 0.05) is 11.3 Å². The third-order valence-electron chi connectivity index (χ3n) is 2.81. The minimum atomic E-state index is -4.38. The summed E-state index contributed by atoms with van der Waals surface area (Å²) in [5.74, 6) is 0. The van der Waals surface area contributed by atoms with Gasteiger partial charge in [0.1, 0.15) is 0 Å². The van der Waals surface area contributed by atoms with Gasteiger partial charge in [0.15, 0.2) is 0 Å². The van der Waals surface area contributed by atoms with Gasteiger partial charge in [-0.15, -0.1) is 0 Å². The van der Waals surface area contributed by atoms with E-state index in [1.807, 2.05) is 0 Å². The molecule has 2 aromatic carbocycles. The normalized spacial score (nSPS) is 11.6. The number of aryl methyl sites for hydroxylation is 1. The summed E-state index contributed by atoms with van der Waals surface area (Å²) in [6.45, 7) is 1.75. The summed E-state index contributed by atoms with van der Waals surface area (Å²) >= 11 is 0. The molecule has 0 spiro atoms. The summed E-state index contributed by atoms with van der Waals surface area (Å²) in [6.07, 6.45) is -4.38. The molecule has 0 saturated carbocycles. The van der Waals surface area contributed by atoms with Gasteiger partial charge in [-0.3, -0.25) is 0 Å². The molecule has 0 saturated heterocycles. The molecule has 0 aliphatic carbocycles. The van der Waals surface area contributed by atoms with Gasteiger partial charge in [-0.2, -0.15) is 13.2 Å². The fourth-order valence-corrected chi connectivity index (χ4v) is 2.01. The Morgan fingerprint density at radius 2 is 1.61 bits per heavy atom. The van der Waals surface area contributed by atoms with Crippen LogP contribution >= 0.6 is 0 Å². The van der Waals surface area contributed by atoms with Crippen molar-refractivity contribution < 1.29 is 13.2 Å². The van der Waals surface area contributed by atoms with E-state index in [1.165, 1.54) is 12.1 Å². The van der Waals surface area contributed by atoms with Crippen LogP contribution in [0, 0.1) is 6.92 Å². The molecular formula is C14H12F3N. The van der Waals surface area contributed by atoms with E-state index in [2.05, 4.69) is 0 Å². The molecule has 0 bridgehead atoms. The number of nitrogen functional groups attached to an aromatic ring is 1. The van der Waals surface area contributed by atoms with Crippen LogP contribution in [0.15, 0.2) is 42.5 Å². The maximum Gasteiger partial charge on any atom is 0.417 e. The van der Waals surface area contributed by atoms with Gasteiger partial charge in [-0.1, -0.05) is 30.3 Å². The van der Waals surface area contributed by atoms with Crippen molar-refractivity contribution in [2.24, 2.45) is 0 Å². The van der Waals surface area contributed by atoms with Crippen molar-refractivity contribution in [1.82, 2.24) is 0 Å². The monoisotopic (exact) mass is 251 g/mol. The number of benzene rings is 2. The van der Waals surface area contributed by atoms with E-state index in [9.17, 15) is 13.2 Å². The van der Waals surface area contributed by atoms with Crippen molar-refractivity contribution in [2.75, 3.05) is 5.73 Å². The van der Waals surface area contributed by atoms with Gasteiger partial charge in [-0.05, 0) is 30.2 Å². The van der Waals surface area contributed by atoms with Crippen molar-refractivity contribution in [3.63, 3.8) is 0 Å². The van der Waals surface area contributed by atoms with Gasteiger partial charge in [0.2, 0.25) is 0 Å².